The first kappa shape index (κ1) is 68.1. The van der Waals surface area contributed by atoms with Crippen molar-refractivity contribution in [1.29, 1.82) is 0 Å². The zero-order chi connectivity index (χ0) is 52.6. The van der Waals surface area contributed by atoms with E-state index in [2.05, 4.69) is 74.6 Å². The summed E-state index contributed by atoms with van der Waals surface area (Å²) in [5, 5.41) is 50.4. The highest BCUT2D eigenvalue weighted by Gasteiger charge is 2.51. The van der Waals surface area contributed by atoms with Crippen molar-refractivity contribution in [1.82, 2.24) is 0 Å². The number of ether oxygens (including phenoxy) is 2. The molecular weight excluding hydrogens is 932 g/mol. The first-order valence-corrected chi connectivity index (χ1v) is 30.6. The first-order chi connectivity index (χ1) is 35.0. The minimum absolute atomic E-state index is 0.0819. The van der Waals surface area contributed by atoms with Crippen LogP contribution in [0.5, 0.6) is 0 Å². The zero-order valence-corrected chi connectivity index (χ0v) is 46.4. The Morgan fingerprint density at radius 3 is 1.26 bits per heavy atom. The van der Waals surface area contributed by atoms with Crippen molar-refractivity contribution in [3.63, 3.8) is 0 Å². The third kappa shape index (κ3) is 39.5. The minimum atomic E-state index is -5.03. The maximum absolute atomic E-state index is 12.9. The molecule has 0 saturated heterocycles. The normalized spacial score (nSPS) is 21.1. The summed E-state index contributed by atoms with van der Waals surface area (Å²) in [5.41, 5.74) is 0. The standard InChI is InChI=1S/C59H107O12P/c1-3-5-7-9-11-13-15-17-19-21-23-25-27-28-30-32-34-36-38-40-42-44-46-48-53(60)70-52(51-69-72(66,67)71-59-57(64)55(62)54(61)56(63)58(59)65)50-68-49-47-45-43-41-39-37-35-33-31-29-26-24-22-20-18-16-14-12-10-8-6-4-2/h6,8,12,14,18,20-21,23-24,26,52,54-59,61-65H,3-5,7,9-11,13,15-17,19,22,25,27-51H2,1-2H3,(H,66,67)/b8-6-,14-12-,20-18-,23-21-,26-24-. The molecule has 12 nitrogen and oxygen atoms in total. The molecule has 420 valence electrons. The van der Waals surface area contributed by atoms with Crippen LogP contribution in [0.3, 0.4) is 0 Å². The van der Waals surface area contributed by atoms with Gasteiger partial charge >= 0.3 is 13.8 Å². The molecule has 0 heterocycles. The summed E-state index contributed by atoms with van der Waals surface area (Å²) < 4.78 is 34.4. The number of hydrogen-bond donors (Lipinski definition) is 6. The number of hydrogen-bond acceptors (Lipinski definition) is 11. The average molecular weight is 1040 g/mol. The van der Waals surface area contributed by atoms with Gasteiger partial charge < -0.3 is 39.9 Å². The Morgan fingerprint density at radius 1 is 0.458 bits per heavy atom. The highest BCUT2D eigenvalue weighted by Crippen LogP contribution is 2.47. The van der Waals surface area contributed by atoms with Crippen molar-refractivity contribution in [3.8, 4) is 0 Å². The van der Waals surface area contributed by atoms with Crippen molar-refractivity contribution in [2.24, 2.45) is 0 Å². The van der Waals surface area contributed by atoms with Gasteiger partial charge in [0.05, 0.1) is 13.2 Å². The molecule has 72 heavy (non-hydrogen) atoms. The van der Waals surface area contributed by atoms with E-state index in [1.807, 2.05) is 0 Å². The van der Waals surface area contributed by atoms with E-state index in [1.165, 1.54) is 141 Å². The Hall–Kier alpha value is -1.96. The van der Waals surface area contributed by atoms with E-state index in [1.54, 1.807) is 0 Å². The average Bonchev–Trinajstić information content (AvgIpc) is 3.37. The molecule has 0 spiro atoms. The predicted molar refractivity (Wildman–Crippen MR) is 295 cm³/mol. The summed E-state index contributed by atoms with van der Waals surface area (Å²) in [7, 11) is -5.03. The van der Waals surface area contributed by atoms with Crippen LogP contribution in [0.25, 0.3) is 0 Å². The van der Waals surface area contributed by atoms with Gasteiger partial charge in [-0.2, -0.15) is 0 Å². The summed E-state index contributed by atoms with van der Waals surface area (Å²) in [6.45, 7) is 4.17. The van der Waals surface area contributed by atoms with E-state index in [-0.39, 0.29) is 13.0 Å². The van der Waals surface area contributed by atoms with Gasteiger partial charge in [0, 0.05) is 13.0 Å². The van der Waals surface area contributed by atoms with Crippen molar-refractivity contribution < 1.29 is 58.3 Å². The number of aliphatic hydroxyl groups excluding tert-OH is 5. The number of carbonyl (C=O) groups excluding carboxylic acids is 1. The molecule has 0 aromatic rings. The maximum Gasteiger partial charge on any atom is 0.472 e. The van der Waals surface area contributed by atoms with Crippen LogP contribution in [0, 0.1) is 0 Å². The molecule has 6 N–H and O–H groups in total. The van der Waals surface area contributed by atoms with Crippen LogP contribution in [-0.4, -0.2) is 98.9 Å². The van der Waals surface area contributed by atoms with Gasteiger partial charge in [0.1, 0.15) is 42.7 Å². The molecule has 1 aliphatic carbocycles. The van der Waals surface area contributed by atoms with Gasteiger partial charge in [-0.1, -0.05) is 222 Å². The topological polar surface area (TPSA) is 192 Å². The molecule has 0 amide bonds. The van der Waals surface area contributed by atoms with Gasteiger partial charge in [-0.3, -0.25) is 13.8 Å². The van der Waals surface area contributed by atoms with Crippen molar-refractivity contribution in [2.45, 2.75) is 288 Å². The van der Waals surface area contributed by atoms with E-state index in [0.717, 1.165) is 77.0 Å². The molecule has 6 unspecified atom stereocenters. The predicted octanol–water partition coefficient (Wildman–Crippen LogP) is 14.1. The van der Waals surface area contributed by atoms with Gasteiger partial charge in [-0.15, -0.1) is 0 Å². The zero-order valence-electron chi connectivity index (χ0n) is 45.5. The van der Waals surface area contributed by atoms with E-state index in [0.29, 0.717) is 13.0 Å². The van der Waals surface area contributed by atoms with Crippen LogP contribution < -0.4 is 0 Å². The second kappa shape index (κ2) is 48.7. The molecule has 1 fully saturated rings. The number of esters is 1. The first-order valence-electron chi connectivity index (χ1n) is 29.1. The van der Waals surface area contributed by atoms with Crippen LogP contribution in [-0.2, 0) is 27.9 Å². The molecule has 0 bridgehead atoms. The van der Waals surface area contributed by atoms with Crippen molar-refractivity contribution >= 4 is 13.8 Å². The Balaban J connectivity index is 2.28. The lowest BCUT2D eigenvalue weighted by Crippen LogP contribution is -2.64. The van der Waals surface area contributed by atoms with Crippen LogP contribution in [0.2, 0.25) is 0 Å². The summed E-state index contributed by atoms with van der Waals surface area (Å²) >= 11 is 0. The summed E-state index contributed by atoms with van der Waals surface area (Å²) in [4.78, 5) is 23.3. The van der Waals surface area contributed by atoms with Gasteiger partial charge in [-0.05, 0) is 77.0 Å². The molecule has 0 radical (unpaired) electrons. The third-order valence-corrected chi connectivity index (χ3v) is 14.4. The lowest BCUT2D eigenvalue weighted by Gasteiger charge is -2.41. The lowest BCUT2D eigenvalue weighted by atomic mass is 9.85. The highest BCUT2D eigenvalue weighted by molar-refractivity contribution is 7.47. The molecule has 13 heteroatoms. The molecule has 0 aliphatic heterocycles. The summed E-state index contributed by atoms with van der Waals surface area (Å²) in [6, 6.07) is 0. The fourth-order valence-electron chi connectivity index (χ4n) is 8.81. The maximum atomic E-state index is 12.9. The monoisotopic (exact) mass is 1040 g/mol. The lowest BCUT2D eigenvalue weighted by molar-refractivity contribution is -0.220. The van der Waals surface area contributed by atoms with E-state index in [4.69, 9.17) is 18.5 Å². The minimum Gasteiger partial charge on any atom is -0.457 e. The van der Waals surface area contributed by atoms with Crippen molar-refractivity contribution in [3.05, 3.63) is 60.8 Å². The van der Waals surface area contributed by atoms with E-state index < -0.39 is 63.1 Å². The van der Waals surface area contributed by atoms with Crippen LogP contribution in [0.15, 0.2) is 60.8 Å². The molecule has 1 rings (SSSR count). The number of rotatable bonds is 50. The second-order valence-corrected chi connectivity index (χ2v) is 21.5. The quantitative estimate of drug-likeness (QED) is 0.0146. The fourth-order valence-corrected chi connectivity index (χ4v) is 9.79. The van der Waals surface area contributed by atoms with Gasteiger partial charge in [0.15, 0.2) is 0 Å². The molecule has 1 saturated carbocycles. The molecule has 0 aromatic heterocycles. The number of unbranched alkanes of at least 4 members (excludes halogenated alkanes) is 28. The number of allylic oxidation sites excluding steroid dienone is 10. The van der Waals surface area contributed by atoms with Crippen LogP contribution in [0.1, 0.15) is 245 Å². The van der Waals surface area contributed by atoms with Gasteiger partial charge in [0.2, 0.25) is 0 Å². The summed E-state index contributed by atoms with van der Waals surface area (Å²) in [5.74, 6) is -0.479. The van der Waals surface area contributed by atoms with Gasteiger partial charge in [0.25, 0.3) is 0 Å². The number of phosphoric ester groups is 1. The van der Waals surface area contributed by atoms with Gasteiger partial charge in [-0.25, -0.2) is 4.57 Å². The molecule has 6 atom stereocenters. The Bertz CT molecular complexity index is 1420. The largest absolute Gasteiger partial charge is 0.472 e. The van der Waals surface area contributed by atoms with Crippen LogP contribution >= 0.6 is 7.82 Å². The molecule has 1 aliphatic rings. The number of carbonyl (C=O) groups is 1. The number of phosphoric acid groups is 1. The Labute approximate surface area is 438 Å². The summed E-state index contributed by atoms with van der Waals surface area (Å²) in [6.07, 6.45) is 51.4. The van der Waals surface area contributed by atoms with Crippen LogP contribution in [0.4, 0.5) is 0 Å². The number of aliphatic hydroxyl groups is 5. The fraction of sp³-hybridized carbons (Fsp3) is 0.814. The van der Waals surface area contributed by atoms with Crippen molar-refractivity contribution in [2.75, 3.05) is 19.8 Å². The smallest absolute Gasteiger partial charge is 0.457 e. The highest BCUT2D eigenvalue weighted by atomic mass is 31.2. The SMILES string of the molecule is CC/C=C\C/C=C\C/C=C\C/C=C\CCCCCCCCCCCOCC(COP(=O)(O)OC1C(O)C(O)C(O)C(O)C1O)OC(=O)CCCCCCCCCCCCC/C=C\CCCCCCCCCC. The Morgan fingerprint density at radius 2 is 0.819 bits per heavy atom. The molecule has 0 aromatic carbocycles. The van der Waals surface area contributed by atoms with E-state index in [9.17, 15) is 39.8 Å². The second-order valence-electron chi connectivity index (χ2n) is 20.1. The Kier molecular flexibility index (Phi) is 46.0. The molecular formula is C59H107O12P. The third-order valence-electron chi connectivity index (χ3n) is 13.4. The van der Waals surface area contributed by atoms with E-state index >= 15 is 0 Å².